The van der Waals surface area contributed by atoms with Crippen LogP contribution in [0, 0.1) is 0 Å². The number of nitrogens with one attached hydrogen (secondary N) is 1. The molecule has 0 spiro atoms. The fourth-order valence-electron chi connectivity index (χ4n) is 3.27. The van der Waals surface area contributed by atoms with E-state index in [2.05, 4.69) is 20.8 Å². The van der Waals surface area contributed by atoms with E-state index in [9.17, 15) is 9.90 Å². The first-order valence-corrected chi connectivity index (χ1v) is 7.96. The molecule has 7 heteroatoms. The molecule has 1 aromatic carbocycles. The van der Waals surface area contributed by atoms with E-state index in [0.29, 0.717) is 12.8 Å². The molecule has 3 rings (SSSR count). The van der Waals surface area contributed by atoms with Crippen molar-refractivity contribution >= 4 is 5.91 Å². The number of rotatable bonds is 5. The van der Waals surface area contributed by atoms with Crippen LogP contribution < -0.4 is 5.32 Å². The second kappa shape index (κ2) is 6.87. The zero-order valence-electron chi connectivity index (χ0n) is 12.9. The number of benzene rings is 1. The summed E-state index contributed by atoms with van der Waals surface area (Å²) < 4.78 is 1.57. The number of hydrogen-bond donors (Lipinski definition) is 2. The molecule has 1 aromatic heterocycles. The van der Waals surface area contributed by atoms with Gasteiger partial charge in [0.05, 0.1) is 12.6 Å². The predicted molar refractivity (Wildman–Crippen MR) is 83.3 cm³/mol. The third-order valence-corrected chi connectivity index (χ3v) is 4.58. The van der Waals surface area contributed by atoms with Gasteiger partial charge in [-0.2, -0.15) is 0 Å². The predicted octanol–water partition coefficient (Wildman–Crippen LogP) is 1.18. The molecule has 2 N–H and O–H groups in total. The third-order valence-electron chi connectivity index (χ3n) is 4.58. The van der Waals surface area contributed by atoms with Crippen LogP contribution in [0.5, 0.6) is 0 Å². The summed E-state index contributed by atoms with van der Waals surface area (Å²) in [6, 6.07) is 9.05. The molecule has 1 saturated carbocycles. The van der Waals surface area contributed by atoms with Gasteiger partial charge in [0.2, 0.25) is 5.91 Å². The lowest BCUT2D eigenvalue weighted by Gasteiger charge is -2.36. The molecule has 0 bridgehead atoms. The summed E-state index contributed by atoms with van der Waals surface area (Å²) in [4.78, 5) is 13.0. The molecular formula is C16H21N5O2. The molecule has 1 heterocycles. The summed E-state index contributed by atoms with van der Waals surface area (Å²) in [7, 11) is 0. The van der Waals surface area contributed by atoms with E-state index in [-0.39, 0.29) is 12.5 Å². The van der Waals surface area contributed by atoms with E-state index >= 15 is 0 Å². The molecule has 1 fully saturated rings. The van der Waals surface area contributed by atoms with Gasteiger partial charge < -0.3 is 10.4 Å². The molecule has 1 atom stereocenters. The second-order valence-electron chi connectivity index (χ2n) is 5.97. The number of aromatic nitrogens is 4. The minimum Gasteiger partial charge on any atom is -0.394 e. The standard InChI is InChI=1S/C16H21N5O2/c22-11-14(13-7-3-1-4-8-13)18-15(23)16(9-5-2-6-10-16)21-12-17-19-20-21/h1,3-4,7-8,12,14,22H,2,5-6,9-11H2,(H,18,23). The molecule has 0 aliphatic heterocycles. The molecule has 23 heavy (non-hydrogen) atoms. The van der Waals surface area contributed by atoms with Gasteiger partial charge >= 0.3 is 0 Å². The van der Waals surface area contributed by atoms with E-state index < -0.39 is 11.6 Å². The molecular weight excluding hydrogens is 294 g/mol. The number of aliphatic hydroxyl groups excluding tert-OH is 1. The van der Waals surface area contributed by atoms with Crippen LogP contribution >= 0.6 is 0 Å². The summed E-state index contributed by atoms with van der Waals surface area (Å²) in [6.07, 6.45) is 5.94. The van der Waals surface area contributed by atoms with Crippen molar-refractivity contribution in [1.82, 2.24) is 25.5 Å². The smallest absolute Gasteiger partial charge is 0.248 e. The van der Waals surface area contributed by atoms with Crippen molar-refractivity contribution in [2.45, 2.75) is 43.7 Å². The molecule has 122 valence electrons. The Bertz CT molecular complexity index is 623. The van der Waals surface area contributed by atoms with Crippen molar-refractivity contribution in [1.29, 1.82) is 0 Å². The van der Waals surface area contributed by atoms with Crippen LogP contribution in [0.15, 0.2) is 36.7 Å². The van der Waals surface area contributed by atoms with Gasteiger partial charge in [-0.25, -0.2) is 4.68 Å². The highest BCUT2D eigenvalue weighted by Gasteiger charge is 2.43. The van der Waals surface area contributed by atoms with Gasteiger partial charge in [0.25, 0.3) is 0 Å². The van der Waals surface area contributed by atoms with E-state index in [1.165, 1.54) is 6.33 Å². The zero-order valence-corrected chi connectivity index (χ0v) is 12.9. The first kappa shape index (κ1) is 15.6. The van der Waals surface area contributed by atoms with Crippen LogP contribution in [0.4, 0.5) is 0 Å². The monoisotopic (exact) mass is 315 g/mol. The fourth-order valence-corrected chi connectivity index (χ4v) is 3.27. The van der Waals surface area contributed by atoms with Gasteiger partial charge in [0.1, 0.15) is 11.9 Å². The molecule has 2 aromatic rings. The van der Waals surface area contributed by atoms with Gasteiger partial charge in [-0.15, -0.1) is 5.10 Å². The van der Waals surface area contributed by atoms with E-state index in [4.69, 9.17) is 0 Å². The number of carbonyl (C=O) groups excluding carboxylic acids is 1. The van der Waals surface area contributed by atoms with Crippen LogP contribution in [0.1, 0.15) is 43.7 Å². The third kappa shape index (κ3) is 3.10. The van der Waals surface area contributed by atoms with Gasteiger partial charge in [-0.1, -0.05) is 49.6 Å². The van der Waals surface area contributed by atoms with Crippen LogP contribution in [0.3, 0.4) is 0 Å². The SMILES string of the molecule is O=C(NC(CO)c1ccccc1)C1(n2cnnn2)CCCCC1. The Morgan fingerprint density at radius 2 is 2.00 bits per heavy atom. The number of nitrogens with zero attached hydrogens (tertiary/aromatic N) is 4. The first-order chi connectivity index (χ1) is 11.3. The number of hydrogen-bond acceptors (Lipinski definition) is 5. The molecule has 1 aliphatic rings. The average molecular weight is 315 g/mol. The van der Waals surface area contributed by atoms with Crippen LogP contribution in [-0.4, -0.2) is 37.8 Å². The van der Waals surface area contributed by atoms with Crippen molar-refractivity contribution in [3.8, 4) is 0 Å². The number of amides is 1. The van der Waals surface area contributed by atoms with E-state index in [1.807, 2.05) is 30.3 Å². The maximum absolute atomic E-state index is 13.0. The van der Waals surface area contributed by atoms with Gasteiger partial charge in [-0.05, 0) is 28.8 Å². The Balaban J connectivity index is 1.84. The first-order valence-electron chi connectivity index (χ1n) is 7.96. The summed E-state index contributed by atoms with van der Waals surface area (Å²) in [6.45, 7) is -0.151. The van der Waals surface area contributed by atoms with Crippen molar-refractivity contribution in [3.63, 3.8) is 0 Å². The maximum Gasteiger partial charge on any atom is 0.248 e. The van der Waals surface area contributed by atoms with Crippen molar-refractivity contribution in [2.75, 3.05) is 6.61 Å². The molecule has 1 amide bonds. The Morgan fingerprint density at radius 1 is 1.26 bits per heavy atom. The zero-order chi connectivity index (χ0) is 16.1. The highest BCUT2D eigenvalue weighted by atomic mass is 16.3. The van der Waals surface area contributed by atoms with Crippen LogP contribution in [0.25, 0.3) is 0 Å². The van der Waals surface area contributed by atoms with Gasteiger partial charge in [0, 0.05) is 0 Å². The molecule has 1 unspecified atom stereocenters. The maximum atomic E-state index is 13.0. The quantitative estimate of drug-likeness (QED) is 0.864. The van der Waals surface area contributed by atoms with Gasteiger partial charge in [-0.3, -0.25) is 4.79 Å². The van der Waals surface area contributed by atoms with Crippen molar-refractivity contribution in [3.05, 3.63) is 42.2 Å². The molecule has 7 nitrogen and oxygen atoms in total. The van der Waals surface area contributed by atoms with Crippen LogP contribution in [0.2, 0.25) is 0 Å². The number of aliphatic hydroxyl groups is 1. The van der Waals surface area contributed by atoms with Crippen molar-refractivity contribution in [2.24, 2.45) is 0 Å². The Morgan fingerprint density at radius 3 is 2.61 bits per heavy atom. The fraction of sp³-hybridized carbons (Fsp3) is 0.500. The summed E-state index contributed by atoms with van der Waals surface area (Å²) in [5, 5.41) is 24.0. The van der Waals surface area contributed by atoms with E-state index in [1.54, 1.807) is 4.68 Å². The summed E-state index contributed by atoms with van der Waals surface area (Å²) in [5.41, 5.74) is 0.121. The Labute approximate surface area is 134 Å². The molecule has 0 radical (unpaired) electrons. The minimum absolute atomic E-state index is 0.132. The lowest BCUT2D eigenvalue weighted by molar-refractivity contribution is -0.133. The molecule has 1 aliphatic carbocycles. The average Bonchev–Trinajstić information content (AvgIpc) is 3.16. The normalized spacial score (nSPS) is 18.3. The highest BCUT2D eigenvalue weighted by Crippen LogP contribution is 2.35. The lowest BCUT2D eigenvalue weighted by atomic mass is 9.80. The van der Waals surface area contributed by atoms with E-state index in [0.717, 1.165) is 24.8 Å². The van der Waals surface area contributed by atoms with Crippen molar-refractivity contribution < 1.29 is 9.90 Å². The largest absolute Gasteiger partial charge is 0.394 e. The Kier molecular flexibility index (Phi) is 4.66. The lowest BCUT2D eigenvalue weighted by Crippen LogP contribution is -2.51. The Hall–Kier alpha value is -2.28. The van der Waals surface area contributed by atoms with Gasteiger partial charge in [0.15, 0.2) is 0 Å². The van der Waals surface area contributed by atoms with Crippen LogP contribution in [-0.2, 0) is 10.3 Å². The highest BCUT2D eigenvalue weighted by molar-refractivity contribution is 5.84. The second-order valence-corrected chi connectivity index (χ2v) is 5.97. The number of tetrazole rings is 1. The topological polar surface area (TPSA) is 92.9 Å². The number of carbonyl (C=O) groups is 1. The summed E-state index contributed by atoms with van der Waals surface area (Å²) in [5.74, 6) is -0.132. The molecule has 0 saturated heterocycles. The minimum atomic E-state index is -0.760. The summed E-state index contributed by atoms with van der Waals surface area (Å²) >= 11 is 0.